The lowest BCUT2D eigenvalue weighted by Gasteiger charge is -2.23. The van der Waals surface area contributed by atoms with E-state index < -0.39 is 0 Å². The molecule has 1 aliphatic rings. The standard InChI is InChI=1S/C21H26N6O/c1-2-26-13-7-11-19(26)16-22-15-17-8-6-12-20(14-17)28-21-23-24-25-27(21)18-9-4-3-5-10-18/h3-6,8-10,12,14,19,22H,2,7,11,13,15-16H2,1H3/t19-/m1/s1. The van der Waals surface area contributed by atoms with Crippen molar-refractivity contribution in [2.45, 2.75) is 32.4 Å². The SMILES string of the molecule is CCN1CCC[C@@H]1CNCc1cccc(Oc2nnnn2-c2ccccc2)c1. The van der Waals surface area contributed by atoms with Gasteiger partial charge in [-0.25, -0.2) is 0 Å². The summed E-state index contributed by atoms with van der Waals surface area (Å²) >= 11 is 0. The van der Waals surface area contributed by atoms with Crippen LogP contribution in [0.2, 0.25) is 0 Å². The summed E-state index contributed by atoms with van der Waals surface area (Å²) in [6.07, 6.45) is 2.59. The van der Waals surface area contributed by atoms with Gasteiger partial charge in [0.15, 0.2) is 0 Å². The first-order chi connectivity index (χ1) is 13.8. The largest absolute Gasteiger partial charge is 0.423 e. The number of aromatic nitrogens is 4. The average Bonchev–Trinajstić information content (AvgIpc) is 3.38. The van der Waals surface area contributed by atoms with Gasteiger partial charge in [-0.1, -0.05) is 42.4 Å². The molecule has 3 aromatic rings. The Morgan fingerprint density at radius 3 is 2.89 bits per heavy atom. The first kappa shape index (κ1) is 18.6. The molecular weight excluding hydrogens is 352 g/mol. The Bertz CT molecular complexity index is 881. The van der Waals surface area contributed by atoms with Crippen molar-refractivity contribution in [1.82, 2.24) is 30.4 Å². The van der Waals surface area contributed by atoms with Gasteiger partial charge in [0, 0.05) is 19.1 Å². The monoisotopic (exact) mass is 378 g/mol. The molecule has 2 heterocycles. The van der Waals surface area contributed by atoms with Crippen LogP contribution in [0.4, 0.5) is 0 Å². The van der Waals surface area contributed by atoms with Crippen LogP contribution in [0.25, 0.3) is 5.69 Å². The number of ether oxygens (including phenoxy) is 1. The van der Waals surface area contributed by atoms with E-state index in [1.807, 2.05) is 48.5 Å². The molecule has 2 aromatic carbocycles. The van der Waals surface area contributed by atoms with E-state index in [4.69, 9.17) is 4.74 Å². The molecule has 0 saturated carbocycles. The zero-order valence-corrected chi connectivity index (χ0v) is 16.2. The van der Waals surface area contributed by atoms with Crippen LogP contribution in [0.15, 0.2) is 54.6 Å². The summed E-state index contributed by atoms with van der Waals surface area (Å²) in [5, 5.41) is 15.4. The van der Waals surface area contributed by atoms with E-state index >= 15 is 0 Å². The van der Waals surface area contributed by atoms with E-state index in [1.165, 1.54) is 24.9 Å². The molecule has 0 unspecified atom stereocenters. The molecule has 7 nitrogen and oxygen atoms in total. The highest BCUT2D eigenvalue weighted by molar-refractivity contribution is 5.34. The van der Waals surface area contributed by atoms with Crippen LogP contribution in [-0.2, 0) is 6.54 Å². The van der Waals surface area contributed by atoms with E-state index in [2.05, 4.69) is 38.7 Å². The second-order valence-electron chi connectivity index (χ2n) is 7.01. The Kier molecular flexibility index (Phi) is 5.94. The third kappa shape index (κ3) is 4.37. The maximum absolute atomic E-state index is 5.95. The van der Waals surface area contributed by atoms with Crippen molar-refractivity contribution < 1.29 is 4.74 Å². The first-order valence-electron chi connectivity index (χ1n) is 9.89. The van der Waals surface area contributed by atoms with Crippen LogP contribution in [0.3, 0.4) is 0 Å². The van der Waals surface area contributed by atoms with E-state index in [9.17, 15) is 0 Å². The molecule has 28 heavy (non-hydrogen) atoms. The lowest BCUT2D eigenvalue weighted by molar-refractivity contribution is 0.260. The highest BCUT2D eigenvalue weighted by atomic mass is 16.5. The molecule has 1 fully saturated rings. The van der Waals surface area contributed by atoms with Crippen LogP contribution in [0.5, 0.6) is 11.8 Å². The van der Waals surface area contributed by atoms with Crippen molar-refractivity contribution in [3.63, 3.8) is 0 Å². The quantitative estimate of drug-likeness (QED) is 0.650. The molecule has 1 saturated heterocycles. The minimum atomic E-state index is 0.348. The summed E-state index contributed by atoms with van der Waals surface area (Å²) in [5.74, 6) is 0.724. The van der Waals surface area contributed by atoms with Gasteiger partial charge in [0.2, 0.25) is 0 Å². The van der Waals surface area contributed by atoms with Gasteiger partial charge in [-0.05, 0) is 66.2 Å². The topological polar surface area (TPSA) is 68.1 Å². The van der Waals surface area contributed by atoms with Crippen molar-refractivity contribution in [3.8, 4) is 17.4 Å². The summed E-state index contributed by atoms with van der Waals surface area (Å²) in [4.78, 5) is 2.55. The third-order valence-corrected chi connectivity index (χ3v) is 5.16. The average molecular weight is 378 g/mol. The molecular formula is C21H26N6O. The maximum atomic E-state index is 5.95. The number of nitrogens with zero attached hydrogens (tertiary/aromatic N) is 5. The molecule has 1 aliphatic heterocycles. The summed E-state index contributed by atoms with van der Waals surface area (Å²) in [5.41, 5.74) is 2.04. The normalized spacial score (nSPS) is 17.1. The third-order valence-electron chi connectivity index (χ3n) is 5.16. The van der Waals surface area contributed by atoms with Crippen LogP contribution in [0.1, 0.15) is 25.3 Å². The molecule has 7 heteroatoms. The number of hydrogen-bond donors (Lipinski definition) is 1. The molecule has 1 N–H and O–H groups in total. The molecule has 0 radical (unpaired) electrons. The zero-order valence-electron chi connectivity index (χ0n) is 16.2. The van der Waals surface area contributed by atoms with Crippen molar-refractivity contribution in [2.24, 2.45) is 0 Å². The van der Waals surface area contributed by atoms with Crippen molar-refractivity contribution in [3.05, 3.63) is 60.2 Å². The number of para-hydroxylation sites is 1. The molecule has 1 aromatic heterocycles. The Hall–Kier alpha value is -2.77. The maximum Gasteiger partial charge on any atom is 0.345 e. The molecule has 0 aliphatic carbocycles. The molecule has 0 spiro atoms. The van der Waals surface area contributed by atoms with Gasteiger partial charge in [0.05, 0.1) is 5.69 Å². The van der Waals surface area contributed by atoms with Crippen LogP contribution in [0, 0.1) is 0 Å². The smallest absolute Gasteiger partial charge is 0.345 e. The van der Waals surface area contributed by atoms with E-state index in [0.717, 1.165) is 31.1 Å². The van der Waals surface area contributed by atoms with Crippen molar-refractivity contribution >= 4 is 0 Å². The lowest BCUT2D eigenvalue weighted by atomic mass is 10.2. The number of benzene rings is 2. The van der Waals surface area contributed by atoms with Gasteiger partial charge in [-0.15, -0.1) is 0 Å². The molecule has 0 bridgehead atoms. The van der Waals surface area contributed by atoms with E-state index in [1.54, 1.807) is 4.68 Å². The van der Waals surface area contributed by atoms with Gasteiger partial charge in [-0.3, -0.25) is 4.90 Å². The second-order valence-corrected chi connectivity index (χ2v) is 7.01. The molecule has 1 atom stereocenters. The number of likely N-dealkylation sites (N-methyl/N-ethyl adjacent to an activating group) is 1. The molecule has 4 rings (SSSR count). The minimum Gasteiger partial charge on any atom is -0.423 e. The van der Waals surface area contributed by atoms with Gasteiger partial charge in [0.25, 0.3) is 0 Å². The minimum absolute atomic E-state index is 0.348. The first-order valence-corrected chi connectivity index (χ1v) is 9.89. The van der Waals surface area contributed by atoms with Crippen molar-refractivity contribution in [2.75, 3.05) is 19.6 Å². The van der Waals surface area contributed by atoms with Gasteiger partial charge in [-0.2, -0.15) is 4.68 Å². The Morgan fingerprint density at radius 1 is 1.14 bits per heavy atom. The van der Waals surface area contributed by atoms with E-state index in [0.29, 0.717) is 12.1 Å². The fourth-order valence-electron chi connectivity index (χ4n) is 3.72. The summed E-state index contributed by atoms with van der Waals surface area (Å²) in [6.45, 7) is 6.43. The zero-order chi connectivity index (χ0) is 19.2. The predicted molar refractivity (Wildman–Crippen MR) is 108 cm³/mol. The fourth-order valence-corrected chi connectivity index (χ4v) is 3.72. The molecule has 0 amide bonds. The summed E-state index contributed by atoms with van der Waals surface area (Å²) < 4.78 is 7.54. The Balaban J connectivity index is 1.38. The number of rotatable bonds is 8. The fraction of sp³-hybridized carbons (Fsp3) is 0.381. The van der Waals surface area contributed by atoms with Crippen molar-refractivity contribution in [1.29, 1.82) is 0 Å². The number of tetrazole rings is 1. The second kappa shape index (κ2) is 8.95. The predicted octanol–water partition coefficient (Wildman–Crippen LogP) is 3.03. The lowest BCUT2D eigenvalue weighted by Crippen LogP contribution is -2.37. The molecule has 146 valence electrons. The van der Waals surface area contributed by atoms with Crippen LogP contribution < -0.4 is 10.1 Å². The van der Waals surface area contributed by atoms with Gasteiger partial charge in [0.1, 0.15) is 5.75 Å². The number of hydrogen-bond acceptors (Lipinski definition) is 6. The van der Waals surface area contributed by atoms with Crippen LogP contribution in [-0.4, -0.2) is 50.8 Å². The highest BCUT2D eigenvalue weighted by Crippen LogP contribution is 2.22. The number of likely N-dealkylation sites (tertiary alicyclic amines) is 1. The Morgan fingerprint density at radius 2 is 2.04 bits per heavy atom. The van der Waals surface area contributed by atoms with Crippen LogP contribution >= 0.6 is 0 Å². The Labute approximate surface area is 165 Å². The van der Waals surface area contributed by atoms with Gasteiger partial charge >= 0.3 is 6.01 Å². The summed E-state index contributed by atoms with van der Waals surface area (Å²) in [7, 11) is 0. The highest BCUT2D eigenvalue weighted by Gasteiger charge is 2.22. The van der Waals surface area contributed by atoms with Gasteiger partial charge < -0.3 is 10.1 Å². The van der Waals surface area contributed by atoms with E-state index in [-0.39, 0.29) is 0 Å². The summed E-state index contributed by atoms with van der Waals surface area (Å²) in [6, 6.07) is 18.8. The number of nitrogens with one attached hydrogen (secondary N) is 1.